The molecule has 0 spiro atoms. The van der Waals surface area contributed by atoms with Crippen LogP contribution in [-0.2, 0) is 17.1 Å². The molecule has 0 aliphatic heterocycles. The summed E-state index contributed by atoms with van der Waals surface area (Å²) in [7, 11) is 3.36. The smallest absolute Gasteiger partial charge is 0.246 e. The minimum Gasteiger partial charge on any atom is -0.497 e. The molecule has 3 rings (SSSR count). The second-order valence-corrected chi connectivity index (χ2v) is 7.71. The van der Waals surface area contributed by atoms with Gasteiger partial charge < -0.3 is 14.2 Å². The van der Waals surface area contributed by atoms with Crippen molar-refractivity contribution >= 4 is 17.7 Å². The molecule has 0 aliphatic rings. The average Bonchev–Trinajstić information content (AvgIpc) is 3.20. The van der Waals surface area contributed by atoms with Crippen LogP contribution in [-0.4, -0.2) is 40.4 Å². The first kappa shape index (κ1) is 19.9. The van der Waals surface area contributed by atoms with Crippen molar-refractivity contribution in [1.82, 2.24) is 15.0 Å². The van der Waals surface area contributed by atoms with Gasteiger partial charge in [-0.15, -0.1) is 11.8 Å². The summed E-state index contributed by atoms with van der Waals surface area (Å²) in [6, 6.07) is 17.6. The third-order valence-electron chi connectivity index (χ3n) is 4.24. The van der Waals surface area contributed by atoms with Crippen LogP contribution >= 0.6 is 11.8 Å². The Hall–Kier alpha value is -2.80. The maximum Gasteiger partial charge on any atom is 0.246 e. The van der Waals surface area contributed by atoms with E-state index in [0.717, 1.165) is 17.1 Å². The van der Waals surface area contributed by atoms with Crippen molar-refractivity contribution in [2.75, 3.05) is 14.2 Å². The molecule has 0 bridgehead atoms. The van der Waals surface area contributed by atoms with E-state index in [4.69, 9.17) is 9.26 Å². The van der Waals surface area contributed by atoms with Crippen molar-refractivity contribution < 1.29 is 14.1 Å². The number of thioether (sulfide) groups is 1. The second kappa shape index (κ2) is 9.41. The quantitative estimate of drug-likeness (QED) is 0.572. The highest BCUT2D eigenvalue weighted by Gasteiger charge is 2.20. The van der Waals surface area contributed by atoms with Crippen LogP contribution in [0.15, 0.2) is 59.1 Å². The lowest BCUT2D eigenvalue weighted by Gasteiger charge is -2.19. The summed E-state index contributed by atoms with van der Waals surface area (Å²) in [6.07, 6.45) is 0. The standard InChI is InChI=1S/C21H23N3O3S/c1-15(28-14-16-8-5-4-6-9-16)21(25)24(2)13-19-22-20(23-27-19)17-10-7-11-18(12-17)26-3/h4-12,15H,13-14H2,1-3H3/t15-/m0/s1. The molecule has 1 aromatic heterocycles. The predicted octanol–water partition coefficient (Wildman–Crippen LogP) is 4.03. The topological polar surface area (TPSA) is 68.5 Å². The first-order valence-corrected chi connectivity index (χ1v) is 9.99. The molecule has 7 heteroatoms. The van der Waals surface area contributed by atoms with E-state index >= 15 is 0 Å². The Morgan fingerprint density at radius 2 is 2.00 bits per heavy atom. The Kier molecular flexibility index (Phi) is 6.71. The number of benzene rings is 2. The third-order valence-corrected chi connectivity index (χ3v) is 5.44. The molecule has 28 heavy (non-hydrogen) atoms. The molecule has 0 aliphatic carbocycles. The average molecular weight is 398 g/mol. The molecule has 0 saturated heterocycles. The zero-order valence-corrected chi connectivity index (χ0v) is 17.0. The summed E-state index contributed by atoms with van der Waals surface area (Å²) in [6.45, 7) is 2.19. The van der Waals surface area contributed by atoms with E-state index in [1.165, 1.54) is 5.56 Å². The van der Waals surface area contributed by atoms with Gasteiger partial charge in [0, 0.05) is 18.4 Å². The van der Waals surface area contributed by atoms with Crippen molar-refractivity contribution in [3.8, 4) is 17.1 Å². The number of hydrogen-bond donors (Lipinski definition) is 0. The summed E-state index contributed by atoms with van der Waals surface area (Å²) < 4.78 is 10.5. The van der Waals surface area contributed by atoms with Crippen molar-refractivity contribution in [3.63, 3.8) is 0 Å². The Balaban J connectivity index is 1.57. The Bertz CT molecular complexity index is 914. The van der Waals surface area contributed by atoms with Gasteiger partial charge in [-0.2, -0.15) is 4.98 Å². The molecular formula is C21H23N3O3S. The zero-order chi connectivity index (χ0) is 19.9. The monoisotopic (exact) mass is 397 g/mol. The van der Waals surface area contributed by atoms with Gasteiger partial charge in [-0.1, -0.05) is 47.6 Å². The first-order valence-electron chi connectivity index (χ1n) is 8.94. The van der Waals surface area contributed by atoms with Crippen molar-refractivity contribution in [2.24, 2.45) is 0 Å². The van der Waals surface area contributed by atoms with Gasteiger partial charge in [0.05, 0.1) is 18.9 Å². The molecule has 3 aromatic rings. The van der Waals surface area contributed by atoms with Gasteiger partial charge in [-0.05, 0) is 24.6 Å². The summed E-state index contributed by atoms with van der Waals surface area (Å²) in [5, 5.41) is 3.85. The van der Waals surface area contributed by atoms with Crippen LogP contribution in [0.2, 0.25) is 0 Å². The molecule has 146 valence electrons. The lowest BCUT2D eigenvalue weighted by atomic mass is 10.2. The van der Waals surface area contributed by atoms with Crippen LogP contribution in [0.5, 0.6) is 5.75 Å². The molecule has 0 fully saturated rings. The Labute approximate surface area is 168 Å². The van der Waals surface area contributed by atoms with Crippen molar-refractivity contribution in [2.45, 2.75) is 24.5 Å². The van der Waals surface area contributed by atoms with Gasteiger partial charge in [-0.25, -0.2) is 0 Å². The maximum absolute atomic E-state index is 12.6. The normalized spacial score (nSPS) is 11.8. The van der Waals surface area contributed by atoms with Gasteiger partial charge in [0.15, 0.2) is 0 Å². The minimum absolute atomic E-state index is 0.0297. The third kappa shape index (κ3) is 5.13. The van der Waals surface area contributed by atoms with Crippen LogP contribution in [0, 0.1) is 0 Å². The molecule has 2 aromatic carbocycles. The molecule has 0 N–H and O–H groups in total. The number of ether oxygens (including phenoxy) is 1. The molecule has 6 nitrogen and oxygen atoms in total. The SMILES string of the molecule is COc1cccc(-c2noc(CN(C)C(=O)[C@H](C)SCc3ccccc3)n2)c1. The number of rotatable bonds is 8. The number of methoxy groups -OCH3 is 1. The van der Waals surface area contributed by atoms with Gasteiger partial charge in [0.2, 0.25) is 17.6 Å². The number of amides is 1. The highest BCUT2D eigenvalue weighted by Crippen LogP contribution is 2.22. The predicted molar refractivity (Wildman–Crippen MR) is 110 cm³/mol. The molecule has 0 saturated carbocycles. The number of hydrogen-bond acceptors (Lipinski definition) is 6. The fraction of sp³-hybridized carbons (Fsp3) is 0.286. The van der Waals surface area contributed by atoms with Crippen LogP contribution in [0.4, 0.5) is 0 Å². The molecule has 1 amide bonds. The number of carbonyl (C=O) groups excluding carboxylic acids is 1. The van der Waals surface area contributed by atoms with Crippen LogP contribution < -0.4 is 4.74 Å². The van der Waals surface area contributed by atoms with Gasteiger partial charge in [0.1, 0.15) is 5.75 Å². The lowest BCUT2D eigenvalue weighted by Crippen LogP contribution is -2.33. The molecule has 0 unspecified atom stereocenters. The van der Waals surface area contributed by atoms with E-state index in [1.54, 1.807) is 30.8 Å². The largest absolute Gasteiger partial charge is 0.497 e. The fourth-order valence-corrected chi connectivity index (χ4v) is 3.61. The van der Waals surface area contributed by atoms with E-state index in [1.807, 2.05) is 49.4 Å². The highest BCUT2D eigenvalue weighted by molar-refractivity contribution is 7.99. The highest BCUT2D eigenvalue weighted by atomic mass is 32.2. The van der Waals surface area contributed by atoms with E-state index in [0.29, 0.717) is 11.7 Å². The molecular weight excluding hydrogens is 374 g/mol. The van der Waals surface area contributed by atoms with Gasteiger partial charge in [-0.3, -0.25) is 4.79 Å². The number of carbonyl (C=O) groups is 1. The fourth-order valence-electron chi connectivity index (χ4n) is 2.66. The summed E-state index contributed by atoms with van der Waals surface area (Å²) >= 11 is 1.61. The second-order valence-electron chi connectivity index (χ2n) is 6.38. The van der Waals surface area contributed by atoms with E-state index < -0.39 is 0 Å². The van der Waals surface area contributed by atoms with E-state index in [-0.39, 0.29) is 17.7 Å². The molecule has 0 radical (unpaired) electrons. The van der Waals surface area contributed by atoms with Crippen molar-refractivity contribution in [1.29, 1.82) is 0 Å². The number of nitrogens with zero attached hydrogens (tertiary/aromatic N) is 3. The zero-order valence-electron chi connectivity index (χ0n) is 16.2. The number of aromatic nitrogens is 2. The maximum atomic E-state index is 12.6. The Morgan fingerprint density at radius 1 is 1.21 bits per heavy atom. The molecule has 1 heterocycles. The van der Waals surface area contributed by atoms with Gasteiger partial charge in [0.25, 0.3) is 0 Å². The Morgan fingerprint density at radius 3 is 2.75 bits per heavy atom. The van der Waals surface area contributed by atoms with Crippen LogP contribution in [0.25, 0.3) is 11.4 Å². The summed E-state index contributed by atoms with van der Waals surface area (Å²) in [5.41, 5.74) is 2.00. The van der Waals surface area contributed by atoms with Crippen LogP contribution in [0.1, 0.15) is 18.4 Å². The summed E-state index contributed by atoms with van der Waals surface area (Å²) in [4.78, 5) is 18.6. The van der Waals surface area contributed by atoms with Gasteiger partial charge >= 0.3 is 0 Å². The lowest BCUT2D eigenvalue weighted by molar-refractivity contribution is -0.129. The summed E-state index contributed by atoms with van der Waals surface area (Å²) in [5.74, 6) is 2.42. The van der Waals surface area contributed by atoms with Crippen LogP contribution in [0.3, 0.4) is 0 Å². The van der Waals surface area contributed by atoms with Crippen molar-refractivity contribution in [3.05, 3.63) is 66.1 Å². The minimum atomic E-state index is -0.161. The van der Waals surface area contributed by atoms with E-state index in [9.17, 15) is 4.79 Å². The molecule has 1 atom stereocenters. The van der Waals surface area contributed by atoms with E-state index in [2.05, 4.69) is 22.3 Å². The first-order chi connectivity index (χ1) is 13.6.